The topological polar surface area (TPSA) is 144 Å². The summed E-state index contributed by atoms with van der Waals surface area (Å²) in [5.74, 6) is -1.67. The van der Waals surface area contributed by atoms with Crippen LogP contribution in [0.3, 0.4) is 0 Å². The molecule has 0 aliphatic carbocycles. The van der Waals surface area contributed by atoms with Crippen molar-refractivity contribution in [2.45, 2.75) is 91.1 Å². The minimum atomic E-state index is -1.05. The van der Waals surface area contributed by atoms with Gasteiger partial charge in [0, 0.05) is 53.9 Å². The number of ether oxygens (including phenoxy) is 1. The Labute approximate surface area is 336 Å². The van der Waals surface area contributed by atoms with Crippen LogP contribution in [0.15, 0.2) is 84.1 Å². The van der Waals surface area contributed by atoms with Gasteiger partial charge in [0.25, 0.3) is 18.3 Å². The molecule has 0 aliphatic rings. The molecule has 2 aromatic heterocycles. The largest absolute Gasteiger partial charge is 0.481 e. The molecule has 2 amide bonds. The number of allylic oxidation sites excluding steroid dienone is 1. The van der Waals surface area contributed by atoms with Gasteiger partial charge in [-0.2, -0.15) is 9.67 Å². The lowest BCUT2D eigenvalue weighted by molar-refractivity contribution is -0.677. The number of carbonyl (C=O) groups is 4. The van der Waals surface area contributed by atoms with Crippen LogP contribution in [0.25, 0.3) is 21.8 Å². The number of halogens is 2. The fourth-order valence-corrected chi connectivity index (χ4v) is 7.35. The number of anilines is 1. The predicted molar refractivity (Wildman–Crippen MR) is 219 cm³/mol. The van der Waals surface area contributed by atoms with Crippen molar-refractivity contribution in [3.8, 4) is 0 Å². The molecule has 3 N–H and O–H groups in total. The van der Waals surface area contributed by atoms with Crippen LogP contribution in [0.2, 0.25) is 10.0 Å². The van der Waals surface area contributed by atoms with E-state index in [1.165, 1.54) is 6.92 Å². The van der Waals surface area contributed by atoms with Crippen LogP contribution >= 0.6 is 23.2 Å². The zero-order valence-corrected chi connectivity index (χ0v) is 33.3. The number of hydrogen-bond donors (Lipinski definition) is 3. The lowest BCUT2D eigenvalue weighted by Gasteiger charge is -2.13. The summed E-state index contributed by atoms with van der Waals surface area (Å²) < 4.78 is 8.96. The lowest BCUT2D eigenvalue weighted by Crippen LogP contribution is -2.38. The van der Waals surface area contributed by atoms with Crippen molar-refractivity contribution in [1.82, 2.24) is 15.1 Å². The van der Waals surface area contributed by atoms with Crippen LogP contribution in [0, 0.1) is 6.92 Å². The monoisotopic (exact) mass is 800 g/mol. The van der Waals surface area contributed by atoms with Gasteiger partial charge < -0.3 is 20.5 Å². The maximum Gasteiger partial charge on any atom is 0.303 e. The number of para-hydroxylation sites is 2. The Hall–Kier alpha value is -5.26. The highest BCUT2D eigenvalue weighted by atomic mass is 35.5. The number of carboxylic acids is 1. The van der Waals surface area contributed by atoms with Crippen molar-refractivity contribution in [1.29, 1.82) is 0 Å². The molecule has 0 bridgehead atoms. The molecule has 11 nitrogen and oxygen atoms in total. The van der Waals surface area contributed by atoms with Crippen molar-refractivity contribution in [2.24, 2.45) is 0 Å². The number of fused-ring (bicyclic) bond motifs is 2. The maximum absolute atomic E-state index is 13.2. The first-order valence-electron chi connectivity index (χ1n) is 19.0. The van der Waals surface area contributed by atoms with E-state index >= 15 is 0 Å². The number of amides is 2. The van der Waals surface area contributed by atoms with Crippen molar-refractivity contribution in [2.75, 3.05) is 11.9 Å². The molecule has 0 saturated carbocycles. The summed E-state index contributed by atoms with van der Waals surface area (Å²) in [5, 5.41) is 22.6. The van der Waals surface area contributed by atoms with E-state index in [-0.39, 0.29) is 36.6 Å². The van der Waals surface area contributed by atoms with E-state index in [0.717, 1.165) is 91.0 Å². The van der Waals surface area contributed by atoms with Crippen LogP contribution in [0.5, 0.6) is 0 Å². The van der Waals surface area contributed by atoms with Gasteiger partial charge in [-0.15, -0.1) is 0 Å². The molecule has 0 fully saturated rings. The number of aryl methyl sites for hydroxylation is 2. The molecule has 0 unspecified atom stereocenters. The first-order valence-corrected chi connectivity index (χ1v) is 19.8. The average Bonchev–Trinajstić information content (AvgIpc) is 3.54. The van der Waals surface area contributed by atoms with E-state index in [1.807, 2.05) is 67.6 Å². The Morgan fingerprint density at radius 3 is 2.27 bits per heavy atom. The summed E-state index contributed by atoms with van der Waals surface area (Å²) in [6.45, 7) is 5.54. The minimum Gasteiger partial charge on any atom is -0.481 e. The van der Waals surface area contributed by atoms with Gasteiger partial charge in [0.1, 0.15) is 12.3 Å². The number of nitrogens with one attached hydrogen (secondary N) is 2. The lowest BCUT2D eigenvalue weighted by atomic mass is 10.1. The molecule has 0 saturated heterocycles. The van der Waals surface area contributed by atoms with Crippen molar-refractivity contribution in [3.05, 3.63) is 111 Å². The Morgan fingerprint density at radius 2 is 1.55 bits per heavy atom. The minimum absolute atomic E-state index is 0.0709. The molecule has 0 spiro atoms. The molecule has 0 aliphatic heterocycles. The number of unbranched alkanes of at least 4 members (excludes halogenated alkanes) is 7. The summed E-state index contributed by atoms with van der Waals surface area (Å²) in [6.07, 6.45) is 8.22. The predicted octanol–water partition coefficient (Wildman–Crippen LogP) is 8.94. The van der Waals surface area contributed by atoms with Gasteiger partial charge in [-0.3, -0.25) is 23.9 Å². The quantitative estimate of drug-likeness (QED) is 0.0221. The number of benzene rings is 3. The molecule has 0 radical (unpaired) electrons. The van der Waals surface area contributed by atoms with Gasteiger partial charge in [-0.25, -0.2) is 0 Å². The molecule has 0 atom stereocenters. The van der Waals surface area contributed by atoms with E-state index < -0.39 is 11.9 Å². The zero-order valence-electron chi connectivity index (χ0n) is 31.8. The average molecular weight is 802 g/mol. The molecule has 5 aromatic rings. The highest BCUT2D eigenvalue weighted by molar-refractivity contribution is 6.35. The normalized spacial score (nSPS) is 11.7. The molecule has 2 heterocycles. The third-order valence-electron chi connectivity index (χ3n) is 9.83. The molecule has 13 heteroatoms. The SMILES string of the molecule is C/C(OC=O)=C(\CCC(=O)O)C(=O)Nc1cc(C)[n+](CCCCCCCCCCNC(=O)c2nn(Cc3ccc(Cl)cc3Cl)c3ccccc23)c2ccccc12. The summed E-state index contributed by atoms with van der Waals surface area (Å²) in [6, 6.07) is 22.8. The molecule has 5 rings (SSSR count). The van der Waals surface area contributed by atoms with Crippen molar-refractivity contribution >= 4 is 75.0 Å². The van der Waals surface area contributed by atoms with Crippen LogP contribution in [0.1, 0.15) is 92.9 Å². The van der Waals surface area contributed by atoms with Gasteiger partial charge >= 0.3 is 5.97 Å². The fraction of sp³-hybridized carbons (Fsp3) is 0.349. The van der Waals surface area contributed by atoms with Crippen molar-refractivity contribution < 1.29 is 33.6 Å². The van der Waals surface area contributed by atoms with Gasteiger partial charge in [0.2, 0.25) is 5.52 Å². The van der Waals surface area contributed by atoms with Crippen molar-refractivity contribution in [3.63, 3.8) is 0 Å². The number of rotatable bonds is 21. The number of pyridine rings is 1. The molecular weight excluding hydrogens is 753 g/mol. The second-order valence-corrected chi connectivity index (χ2v) is 14.7. The smallest absolute Gasteiger partial charge is 0.303 e. The number of aliphatic carboxylic acids is 1. The number of carbonyl (C=O) groups excluding carboxylic acids is 3. The standard InChI is InChI=1S/C43H47Cl2N5O6/c1-29-25-37(47-42(54)33(21-22-40(52)53)30(2)56-28-51)34-15-9-11-17-38(34)49(29)24-14-8-6-4-3-5-7-13-23-46-43(55)41-35-16-10-12-18-39(35)50(48-41)27-31-19-20-32(44)26-36(31)45/h9-12,15-20,25-26,28H,3-8,13-14,21-24,27H2,1-2H3,(H2,46,52,53,55)/p+1/b33-30-. The van der Waals surface area contributed by atoms with E-state index in [1.54, 1.807) is 16.8 Å². The van der Waals surface area contributed by atoms with Crippen LogP contribution < -0.4 is 15.2 Å². The Kier molecular flexibility index (Phi) is 15.4. The number of carboxylic acid groups (broad SMARTS) is 1. The first-order chi connectivity index (χ1) is 27.1. The third-order valence-corrected chi connectivity index (χ3v) is 10.4. The summed E-state index contributed by atoms with van der Waals surface area (Å²) in [7, 11) is 0. The van der Waals surface area contributed by atoms with E-state index in [2.05, 4.69) is 20.3 Å². The van der Waals surface area contributed by atoms with Crippen LogP contribution in [-0.4, -0.2) is 45.7 Å². The Morgan fingerprint density at radius 1 is 0.875 bits per heavy atom. The Bertz CT molecular complexity index is 2230. The Balaban J connectivity index is 1.04. The highest BCUT2D eigenvalue weighted by Gasteiger charge is 2.22. The second kappa shape index (κ2) is 20.6. The first kappa shape index (κ1) is 41.9. The summed E-state index contributed by atoms with van der Waals surface area (Å²) in [4.78, 5) is 48.5. The van der Waals surface area contributed by atoms with E-state index in [9.17, 15) is 19.2 Å². The van der Waals surface area contributed by atoms with Gasteiger partial charge in [0.05, 0.1) is 28.7 Å². The van der Waals surface area contributed by atoms with E-state index in [4.69, 9.17) is 33.0 Å². The second-order valence-electron chi connectivity index (χ2n) is 13.8. The highest BCUT2D eigenvalue weighted by Crippen LogP contribution is 2.26. The van der Waals surface area contributed by atoms with Gasteiger partial charge in [0.15, 0.2) is 11.4 Å². The third kappa shape index (κ3) is 11.2. The number of nitrogens with zero attached hydrogens (tertiary/aromatic N) is 3. The molecule has 56 heavy (non-hydrogen) atoms. The van der Waals surface area contributed by atoms with Crippen LogP contribution in [0.4, 0.5) is 5.69 Å². The summed E-state index contributed by atoms with van der Waals surface area (Å²) >= 11 is 12.5. The number of hydrogen-bond acceptors (Lipinski definition) is 6. The van der Waals surface area contributed by atoms with Crippen LogP contribution in [-0.2, 0) is 32.2 Å². The zero-order chi connectivity index (χ0) is 40.0. The number of aromatic nitrogens is 3. The maximum atomic E-state index is 13.2. The molecule has 3 aromatic carbocycles. The molecular formula is C43H48Cl2N5O6+. The van der Waals surface area contributed by atoms with Gasteiger partial charge in [-0.05, 0) is 56.0 Å². The summed E-state index contributed by atoms with van der Waals surface area (Å²) in [5.41, 5.74) is 4.81. The van der Waals surface area contributed by atoms with E-state index in [0.29, 0.717) is 34.5 Å². The fourth-order valence-electron chi connectivity index (χ4n) is 6.88. The molecule has 294 valence electrons. The van der Waals surface area contributed by atoms with Gasteiger partial charge in [-0.1, -0.05) is 91.7 Å².